The molecule has 35 heavy (non-hydrogen) atoms. The van der Waals surface area contributed by atoms with Crippen LogP contribution < -0.4 is 11.1 Å². The van der Waals surface area contributed by atoms with E-state index in [1.165, 1.54) is 0 Å². The average molecular weight is 459 g/mol. The lowest BCUT2D eigenvalue weighted by molar-refractivity contribution is 0.100. The number of hydrogen-bond acceptors (Lipinski definition) is 3. The van der Waals surface area contributed by atoms with Gasteiger partial charge in [0.25, 0.3) is 0 Å². The lowest BCUT2D eigenvalue weighted by Crippen LogP contribution is -2.36. The molecule has 1 amide bonds. The van der Waals surface area contributed by atoms with Crippen LogP contribution in [0.2, 0.25) is 0 Å². The summed E-state index contributed by atoms with van der Waals surface area (Å²) < 4.78 is 2.19. The first kappa shape index (κ1) is 22.2. The van der Waals surface area contributed by atoms with Crippen LogP contribution in [0.3, 0.4) is 0 Å². The van der Waals surface area contributed by atoms with Gasteiger partial charge in [0.1, 0.15) is 5.54 Å². The van der Waals surface area contributed by atoms with Gasteiger partial charge < -0.3 is 15.6 Å². The number of nitrogens with two attached hydrogens (primary N) is 1. The number of amides is 1. The van der Waals surface area contributed by atoms with E-state index in [0.717, 1.165) is 28.1 Å². The molecule has 5 nitrogen and oxygen atoms in total. The zero-order valence-corrected chi connectivity index (χ0v) is 19.2. The van der Waals surface area contributed by atoms with Crippen molar-refractivity contribution in [3.8, 4) is 0 Å². The summed E-state index contributed by atoms with van der Waals surface area (Å²) in [7, 11) is 0. The third-order valence-corrected chi connectivity index (χ3v) is 6.24. The van der Waals surface area contributed by atoms with Crippen LogP contribution in [-0.2, 0) is 12.1 Å². The van der Waals surface area contributed by atoms with Crippen molar-refractivity contribution in [3.63, 3.8) is 0 Å². The Morgan fingerprint density at radius 1 is 0.743 bits per heavy atom. The Labute approximate surface area is 204 Å². The fourth-order valence-corrected chi connectivity index (χ4v) is 4.57. The summed E-state index contributed by atoms with van der Waals surface area (Å²) in [5.41, 5.74) is 10.5. The molecule has 0 aliphatic carbocycles. The summed E-state index contributed by atoms with van der Waals surface area (Å²) in [4.78, 5) is 16.1. The largest absolute Gasteiger partial charge is 0.379 e. The maximum Gasteiger partial charge on any atom is 0.248 e. The van der Waals surface area contributed by atoms with Gasteiger partial charge in [-0.1, -0.05) is 91.0 Å². The van der Waals surface area contributed by atoms with Crippen molar-refractivity contribution in [1.29, 1.82) is 0 Å². The first-order chi connectivity index (χ1) is 17.2. The Morgan fingerprint density at radius 3 is 1.69 bits per heavy atom. The summed E-state index contributed by atoms with van der Waals surface area (Å²) in [5.74, 6) is -0.436. The molecule has 172 valence electrons. The van der Waals surface area contributed by atoms with Crippen LogP contribution in [0.1, 0.15) is 32.7 Å². The maximum absolute atomic E-state index is 11.3. The fraction of sp³-hybridized carbons (Fsp3) is 0.0667. The average Bonchev–Trinajstić information content (AvgIpc) is 3.39. The number of imidazole rings is 1. The van der Waals surface area contributed by atoms with E-state index in [-0.39, 0.29) is 0 Å². The summed E-state index contributed by atoms with van der Waals surface area (Å²) in [5, 5.41) is 3.38. The van der Waals surface area contributed by atoms with Crippen molar-refractivity contribution in [2.75, 3.05) is 5.32 Å². The third kappa shape index (κ3) is 4.32. The van der Waals surface area contributed by atoms with Crippen LogP contribution in [0.15, 0.2) is 128 Å². The molecule has 5 rings (SSSR count). The van der Waals surface area contributed by atoms with E-state index < -0.39 is 11.4 Å². The van der Waals surface area contributed by atoms with Crippen molar-refractivity contribution < 1.29 is 4.79 Å². The molecule has 0 aliphatic rings. The Balaban J connectivity index is 1.56. The highest BCUT2D eigenvalue weighted by Gasteiger charge is 2.38. The van der Waals surface area contributed by atoms with E-state index in [2.05, 4.69) is 88.9 Å². The number of rotatable bonds is 8. The van der Waals surface area contributed by atoms with E-state index >= 15 is 0 Å². The second-order valence-electron chi connectivity index (χ2n) is 8.38. The summed E-state index contributed by atoms with van der Waals surface area (Å²) >= 11 is 0. The summed E-state index contributed by atoms with van der Waals surface area (Å²) in [6.45, 7) is 0.539. The molecule has 0 spiro atoms. The molecule has 3 N–H and O–H groups in total. The highest BCUT2D eigenvalue weighted by Crippen LogP contribution is 2.40. The molecule has 0 bridgehead atoms. The normalized spacial score (nSPS) is 11.2. The Morgan fingerprint density at radius 2 is 1.23 bits per heavy atom. The van der Waals surface area contributed by atoms with Crippen molar-refractivity contribution in [2.24, 2.45) is 5.73 Å². The Bertz CT molecular complexity index is 1300. The van der Waals surface area contributed by atoms with Crippen molar-refractivity contribution in [2.45, 2.75) is 12.1 Å². The van der Waals surface area contributed by atoms with Gasteiger partial charge in [-0.05, 0) is 41.0 Å². The summed E-state index contributed by atoms with van der Waals surface area (Å²) in [6.07, 6.45) is 4.00. The maximum atomic E-state index is 11.3. The molecule has 0 saturated carbocycles. The fourth-order valence-electron chi connectivity index (χ4n) is 4.57. The first-order valence-electron chi connectivity index (χ1n) is 11.5. The van der Waals surface area contributed by atoms with Gasteiger partial charge in [-0.15, -0.1) is 0 Å². The van der Waals surface area contributed by atoms with Crippen LogP contribution in [-0.4, -0.2) is 15.5 Å². The number of nitrogens with zero attached hydrogens (tertiary/aromatic N) is 2. The third-order valence-electron chi connectivity index (χ3n) is 6.24. The molecular weight excluding hydrogens is 432 g/mol. The highest BCUT2D eigenvalue weighted by atomic mass is 16.1. The van der Waals surface area contributed by atoms with E-state index in [0.29, 0.717) is 12.1 Å². The number of benzene rings is 4. The topological polar surface area (TPSA) is 72.9 Å². The molecule has 0 fully saturated rings. The number of anilines is 1. The number of carbonyl (C=O) groups excluding carboxylic acids is 1. The predicted octanol–water partition coefficient (Wildman–Crippen LogP) is 5.43. The number of carbonyl (C=O) groups is 1. The van der Waals surface area contributed by atoms with Crippen LogP contribution in [0.25, 0.3) is 0 Å². The quantitative estimate of drug-likeness (QED) is 0.304. The molecule has 0 unspecified atom stereocenters. The SMILES string of the molecule is NC(=O)c1ccc(NCc2cn(C(c3ccccc3)(c3ccccc3)c3ccccc3)cn2)cc1. The van der Waals surface area contributed by atoms with Gasteiger partial charge in [0.05, 0.1) is 18.6 Å². The minimum Gasteiger partial charge on any atom is -0.379 e. The molecule has 0 aliphatic heterocycles. The molecule has 1 heterocycles. The van der Waals surface area contributed by atoms with Gasteiger partial charge in [0.2, 0.25) is 5.91 Å². The van der Waals surface area contributed by atoms with Crippen LogP contribution in [0, 0.1) is 0 Å². The molecule has 5 heteroatoms. The molecule has 5 aromatic rings. The lowest BCUT2D eigenvalue weighted by atomic mass is 9.77. The Hall–Kier alpha value is -4.64. The number of nitrogens with one attached hydrogen (secondary N) is 1. The van der Waals surface area contributed by atoms with Gasteiger partial charge in [-0.3, -0.25) is 4.79 Å². The standard InChI is InChI=1S/C30H26N4O/c31-29(35)23-16-18-27(19-17-23)32-20-28-21-34(22-33-28)30(24-10-4-1-5-11-24,25-12-6-2-7-13-25)26-14-8-3-9-15-26/h1-19,21-22,32H,20H2,(H2,31,35). The van der Waals surface area contributed by atoms with Crippen molar-refractivity contribution in [3.05, 3.63) is 156 Å². The van der Waals surface area contributed by atoms with E-state index in [1.54, 1.807) is 12.1 Å². The second-order valence-corrected chi connectivity index (χ2v) is 8.38. The van der Waals surface area contributed by atoms with Gasteiger partial charge >= 0.3 is 0 Å². The van der Waals surface area contributed by atoms with E-state index in [1.807, 2.05) is 36.7 Å². The second kappa shape index (κ2) is 9.69. The minimum absolute atomic E-state index is 0.436. The molecule has 0 atom stereocenters. The first-order valence-corrected chi connectivity index (χ1v) is 11.5. The molecule has 4 aromatic carbocycles. The predicted molar refractivity (Wildman–Crippen MR) is 139 cm³/mol. The van der Waals surface area contributed by atoms with Gasteiger partial charge in [-0.25, -0.2) is 4.98 Å². The van der Waals surface area contributed by atoms with Crippen LogP contribution >= 0.6 is 0 Å². The summed E-state index contributed by atoms with van der Waals surface area (Å²) in [6, 6.07) is 38.7. The lowest BCUT2D eigenvalue weighted by Gasteiger charge is -2.37. The van der Waals surface area contributed by atoms with E-state index in [4.69, 9.17) is 10.7 Å². The Kier molecular flexibility index (Phi) is 6.14. The van der Waals surface area contributed by atoms with Crippen molar-refractivity contribution in [1.82, 2.24) is 9.55 Å². The van der Waals surface area contributed by atoms with Gasteiger partial charge in [0.15, 0.2) is 0 Å². The molecule has 0 saturated heterocycles. The number of aromatic nitrogens is 2. The van der Waals surface area contributed by atoms with Crippen molar-refractivity contribution >= 4 is 11.6 Å². The van der Waals surface area contributed by atoms with Crippen LogP contribution in [0.4, 0.5) is 5.69 Å². The zero-order chi connectivity index (χ0) is 24.1. The smallest absolute Gasteiger partial charge is 0.248 e. The number of hydrogen-bond donors (Lipinski definition) is 2. The molecular formula is C30H26N4O. The molecule has 0 radical (unpaired) electrons. The highest BCUT2D eigenvalue weighted by molar-refractivity contribution is 5.93. The van der Waals surface area contributed by atoms with Crippen LogP contribution in [0.5, 0.6) is 0 Å². The van der Waals surface area contributed by atoms with Gasteiger partial charge in [-0.2, -0.15) is 0 Å². The molecule has 1 aromatic heterocycles. The minimum atomic E-state index is -0.585. The van der Waals surface area contributed by atoms with E-state index in [9.17, 15) is 4.79 Å². The monoisotopic (exact) mass is 458 g/mol. The zero-order valence-electron chi connectivity index (χ0n) is 19.2. The van der Waals surface area contributed by atoms with Gasteiger partial charge in [0, 0.05) is 17.4 Å². The number of primary amides is 1.